The summed E-state index contributed by atoms with van der Waals surface area (Å²) >= 11 is 8.35. The molecule has 0 N–H and O–H groups in total. The largest absolute Gasteiger partial charge is 0.497 e. The molecule has 0 spiro atoms. The standard InChI is InChI=1S/C24H23N3O5S3/c1-14-6-4-5-7-16(14)27-22(28)20-21(25-23(27)34-13-19-31-10-11-32-19)26(24(33)35-20)17-12-15(29-2)8-9-18(17)30-3/h4-9,12,19H,10-11,13H2,1-3H3. The van der Waals surface area contributed by atoms with Crippen LogP contribution in [0.2, 0.25) is 0 Å². The van der Waals surface area contributed by atoms with Crippen LogP contribution in [0.15, 0.2) is 52.4 Å². The highest BCUT2D eigenvalue weighted by atomic mass is 32.2. The molecule has 0 atom stereocenters. The van der Waals surface area contributed by atoms with Crippen LogP contribution in [0, 0.1) is 10.9 Å². The lowest BCUT2D eigenvalue weighted by Crippen LogP contribution is -2.23. The zero-order valence-corrected chi connectivity index (χ0v) is 21.8. The van der Waals surface area contributed by atoms with Crippen LogP contribution in [-0.4, -0.2) is 53.6 Å². The molecule has 35 heavy (non-hydrogen) atoms. The van der Waals surface area contributed by atoms with Crippen molar-refractivity contribution in [3.05, 3.63) is 62.3 Å². The van der Waals surface area contributed by atoms with E-state index in [2.05, 4.69) is 0 Å². The third-order valence-electron chi connectivity index (χ3n) is 5.60. The van der Waals surface area contributed by atoms with Crippen LogP contribution in [0.4, 0.5) is 0 Å². The van der Waals surface area contributed by atoms with Crippen molar-refractivity contribution in [3.63, 3.8) is 0 Å². The van der Waals surface area contributed by atoms with Gasteiger partial charge in [0.05, 0.1) is 44.6 Å². The van der Waals surface area contributed by atoms with Crippen LogP contribution in [0.25, 0.3) is 21.7 Å². The smallest absolute Gasteiger partial charge is 0.278 e. The van der Waals surface area contributed by atoms with E-state index >= 15 is 0 Å². The number of aromatic nitrogens is 3. The van der Waals surface area contributed by atoms with Gasteiger partial charge in [-0.1, -0.05) is 41.3 Å². The number of fused-ring (bicyclic) bond motifs is 1. The van der Waals surface area contributed by atoms with E-state index in [-0.39, 0.29) is 11.8 Å². The van der Waals surface area contributed by atoms with Gasteiger partial charge in [0.15, 0.2) is 21.0 Å². The molecule has 2 aromatic heterocycles. The molecule has 1 aliphatic heterocycles. The second-order valence-electron chi connectivity index (χ2n) is 7.70. The van der Waals surface area contributed by atoms with E-state index in [0.29, 0.717) is 55.6 Å². The number of hydrogen-bond donors (Lipinski definition) is 0. The molecule has 182 valence electrons. The Balaban J connectivity index is 1.76. The molecule has 0 radical (unpaired) electrons. The molecule has 8 nitrogen and oxygen atoms in total. The Bertz CT molecular complexity index is 1500. The van der Waals surface area contributed by atoms with Gasteiger partial charge in [-0.25, -0.2) is 4.98 Å². The van der Waals surface area contributed by atoms with Crippen molar-refractivity contribution in [1.82, 2.24) is 14.1 Å². The molecular formula is C24H23N3O5S3. The second-order valence-corrected chi connectivity index (χ2v) is 10.3. The van der Waals surface area contributed by atoms with Gasteiger partial charge < -0.3 is 18.9 Å². The maximum Gasteiger partial charge on any atom is 0.278 e. The van der Waals surface area contributed by atoms with Crippen molar-refractivity contribution in [2.45, 2.75) is 18.4 Å². The molecule has 3 heterocycles. The minimum atomic E-state index is -0.347. The quantitative estimate of drug-likeness (QED) is 0.193. The number of para-hydroxylation sites is 1. The normalized spacial score (nSPS) is 14.0. The summed E-state index contributed by atoms with van der Waals surface area (Å²) in [6, 6.07) is 13.2. The maximum atomic E-state index is 13.9. The molecule has 1 fully saturated rings. The van der Waals surface area contributed by atoms with E-state index in [9.17, 15) is 4.79 Å². The second kappa shape index (κ2) is 10.1. The van der Waals surface area contributed by atoms with Gasteiger partial charge in [0.1, 0.15) is 16.2 Å². The Morgan fingerprint density at radius 2 is 1.89 bits per heavy atom. The van der Waals surface area contributed by atoms with E-state index < -0.39 is 0 Å². The van der Waals surface area contributed by atoms with E-state index in [4.69, 9.17) is 36.1 Å². The van der Waals surface area contributed by atoms with Gasteiger partial charge in [0, 0.05) is 6.07 Å². The summed E-state index contributed by atoms with van der Waals surface area (Å²) in [5.41, 5.74) is 2.67. The van der Waals surface area contributed by atoms with Gasteiger partial charge in [0.25, 0.3) is 5.56 Å². The number of thioether (sulfide) groups is 1. The molecule has 0 bridgehead atoms. The van der Waals surface area contributed by atoms with E-state index in [1.165, 1.54) is 23.1 Å². The lowest BCUT2D eigenvalue weighted by atomic mass is 10.2. The lowest BCUT2D eigenvalue weighted by Gasteiger charge is -2.16. The van der Waals surface area contributed by atoms with Crippen LogP contribution in [0.1, 0.15) is 5.56 Å². The minimum absolute atomic E-state index is 0.184. The topological polar surface area (TPSA) is 76.7 Å². The van der Waals surface area contributed by atoms with E-state index in [1.54, 1.807) is 29.4 Å². The predicted molar refractivity (Wildman–Crippen MR) is 140 cm³/mol. The summed E-state index contributed by atoms with van der Waals surface area (Å²) in [4.78, 5) is 18.9. The van der Waals surface area contributed by atoms with Gasteiger partial charge in [-0.2, -0.15) is 0 Å². The maximum absolute atomic E-state index is 13.9. The first-order chi connectivity index (χ1) is 17.0. The number of rotatable bonds is 7. The van der Waals surface area contributed by atoms with Crippen molar-refractivity contribution in [3.8, 4) is 22.9 Å². The minimum Gasteiger partial charge on any atom is -0.497 e. The van der Waals surface area contributed by atoms with Gasteiger partial charge in [-0.3, -0.25) is 13.9 Å². The Morgan fingerprint density at radius 3 is 2.60 bits per heavy atom. The van der Waals surface area contributed by atoms with Gasteiger partial charge in [0.2, 0.25) is 0 Å². The summed E-state index contributed by atoms with van der Waals surface area (Å²) in [7, 11) is 3.18. The first kappa shape index (κ1) is 24.0. The Hall–Kier alpha value is -2.70. The molecule has 5 rings (SSSR count). The molecule has 4 aromatic rings. The van der Waals surface area contributed by atoms with Crippen molar-refractivity contribution >= 4 is 45.7 Å². The molecule has 0 aliphatic carbocycles. The fraction of sp³-hybridized carbons (Fsp3) is 0.292. The zero-order valence-electron chi connectivity index (χ0n) is 19.3. The van der Waals surface area contributed by atoms with Crippen LogP contribution < -0.4 is 15.0 Å². The highest BCUT2D eigenvalue weighted by Gasteiger charge is 2.23. The highest BCUT2D eigenvalue weighted by molar-refractivity contribution is 7.99. The first-order valence-electron chi connectivity index (χ1n) is 10.8. The molecule has 1 aliphatic rings. The van der Waals surface area contributed by atoms with E-state index in [1.807, 2.05) is 43.3 Å². The first-order valence-corrected chi connectivity index (χ1v) is 13.1. The van der Waals surface area contributed by atoms with Crippen molar-refractivity contribution < 1.29 is 18.9 Å². The van der Waals surface area contributed by atoms with Gasteiger partial charge >= 0.3 is 0 Å². The number of thiazole rings is 1. The number of aryl methyl sites for hydroxylation is 1. The van der Waals surface area contributed by atoms with E-state index in [0.717, 1.165) is 11.3 Å². The molecule has 0 amide bonds. The Kier molecular flexibility index (Phi) is 6.94. The van der Waals surface area contributed by atoms with Crippen LogP contribution >= 0.6 is 35.3 Å². The number of methoxy groups -OCH3 is 2. The Morgan fingerprint density at radius 1 is 1.11 bits per heavy atom. The zero-order chi connectivity index (χ0) is 24.5. The average Bonchev–Trinajstić information content (AvgIpc) is 3.50. The van der Waals surface area contributed by atoms with Crippen molar-refractivity contribution in [2.24, 2.45) is 0 Å². The Labute approximate surface area is 215 Å². The fourth-order valence-electron chi connectivity index (χ4n) is 3.89. The molecule has 11 heteroatoms. The predicted octanol–water partition coefficient (Wildman–Crippen LogP) is 4.76. The fourth-order valence-corrected chi connectivity index (χ4v) is 6.12. The van der Waals surface area contributed by atoms with Crippen LogP contribution in [-0.2, 0) is 9.47 Å². The monoisotopic (exact) mass is 529 g/mol. The molecule has 1 saturated heterocycles. The third kappa shape index (κ3) is 4.50. The summed E-state index contributed by atoms with van der Waals surface area (Å²) < 4.78 is 26.6. The van der Waals surface area contributed by atoms with Crippen molar-refractivity contribution in [2.75, 3.05) is 33.2 Å². The van der Waals surface area contributed by atoms with Crippen LogP contribution in [0.5, 0.6) is 11.5 Å². The highest BCUT2D eigenvalue weighted by Crippen LogP contribution is 2.34. The third-order valence-corrected chi connectivity index (χ3v) is 7.92. The summed E-state index contributed by atoms with van der Waals surface area (Å²) in [6.45, 7) is 3.08. The van der Waals surface area contributed by atoms with Crippen LogP contribution in [0.3, 0.4) is 0 Å². The molecule has 0 unspecified atom stereocenters. The van der Waals surface area contributed by atoms with Gasteiger partial charge in [-0.05, 0) is 42.9 Å². The van der Waals surface area contributed by atoms with Crippen molar-refractivity contribution in [1.29, 1.82) is 0 Å². The number of hydrogen-bond acceptors (Lipinski definition) is 9. The summed E-state index contributed by atoms with van der Waals surface area (Å²) in [5, 5.41) is 0.527. The molecular weight excluding hydrogens is 506 g/mol. The SMILES string of the molecule is COc1ccc(OC)c(-n2c(=S)sc3c(=O)n(-c4ccccc4C)c(SCC4OCCO4)nc32)c1. The summed E-state index contributed by atoms with van der Waals surface area (Å²) in [5.74, 6) is 1.73. The summed E-state index contributed by atoms with van der Waals surface area (Å²) in [6.07, 6.45) is -0.347. The molecule has 0 saturated carbocycles. The average molecular weight is 530 g/mol. The lowest BCUT2D eigenvalue weighted by molar-refractivity contribution is -0.0215. The van der Waals surface area contributed by atoms with Gasteiger partial charge in [-0.15, -0.1) is 0 Å². The number of nitrogens with zero attached hydrogens (tertiary/aromatic N) is 3. The number of ether oxygens (including phenoxy) is 4. The number of benzene rings is 2. The molecule has 2 aromatic carbocycles.